The number of halogens is 1. The van der Waals surface area contributed by atoms with Crippen LogP contribution in [0.15, 0.2) is 60.9 Å². The average Bonchev–Trinajstić information content (AvgIpc) is 2.82. The molecule has 0 aliphatic rings. The summed E-state index contributed by atoms with van der Waals surface area (Å²) < 4.78 is 6.09. The molecule has 33 heavy (non-hydrogen) atoms. The third-order valence-corrected chi connectivity index (χ3v) is 5.38. The van der Waals surface area contributed by atoms with E-state index in [9.17, 15) is 9.59 Å². The molecule has 0 aliphatic heterocycles. The van der Waals surface area contributed by atoms with E-state index in [2.05, 4.69) is 22.2 Å². The molecule has 2 N–H and O–H groups in total. The standard InChI is InChI=1S/C25H26ClN3O4/c1-2-3-8-22(17-9-11-18(12-10-17)24(32)27-14-13-23(30)31)33-25-28-15-19(16-29-25)20-6-4-5-7-21(20)26/h4-7,9-12,15-16,22H,2-3,8,13-14H2,1H3,(H,27,32)(H,30,31). The molecule has 2 aromatic carbocycles. The van der Waals surface area contributed by atoms with Crippen molar-refractivity contribution in [3.63, 3.8) is 0 Å². The van der Waals surface area contributed by atoms with E-state index in [-0.39, 0.29) is 31.0 Å². The number of nitrogens with zero attached hydrogens (tertiary/aromatic N) is 2. The third kappa shape index (κ3) is 7.02. The highest BCUT2D eigenvalue weighted by Gasteiger charge is 2.16. The number of rotatable bonds is 11. The first kappa shape index (κ1) is 24.2. The Morgan fingerprint density at radius 3 is 2.42 bits per heavy atom. The molecule has 0 radical (unpaired) electrons. The molecule has 0 spiro atoms. The zero-order valence-electron chi connectivity index (χ0n) is 18.3. The molecule has 0 saturated carbocycles. The first-order valence-corrected chi connectivity index (χ1v) is 11.2. The molecule has 3 aromatic rings. The van der Waals surface area contributed by atoms with E-state index < -0.39 is 5.97 Å². The van der Waals surface area contributed by atoms with Gasteiger partial charge in [0, 0.05) is 40.7 Å². The quantitative estimate of drug-likeness (QED) is 0.396. The Morgan fingerprint density at radius 1 is 1.09 bits per heavy atom. The molecule has 1 unspecified atom stereocenters. The zero-order valence-corrected chi connectivity index (χ0v) is 19.1. The molecule has 0 fully saturated rings. The predicted octanol–water partition coefficient (Wildman–Crippen LogP) is 5.31. The number of hydrogen-bond donors (Lipinski definition) is 2. The molecule has 1 atom stereocenters. The van der Waals surface area contributed by atoms with Crippen molar-refractivity contribution in [2.75, 3.05) is 6.54 Å². The van der Waals surface area contributed by atoms with Gasteiger partial charge < -0.3 is 15.2 Å². The summed E-state index contributed by atoms with van der Waals surface area (Å²) in [7, 11) is 0. The Kier molecular flexibility index (Phi) is 8.78. The fraction of sp³-hybridized carbons (Fsp3) is 0.280. The Hall–Kier alpha value is -3.45. The average molecular weight is 468 g/mol. The van der Waals surface area contributed by atoms with Crippen LogP contribution in [0.1, 0.15) is 54.6 Å². The van der Waals surface area contributed by atoms with Crippen LogP contribution in [0, 0.1) is 0 Å². The maximum Gasteiger partial charge on any atom is 0.316 e. The van der Waals surface area contributed by atoms with Gasteiger partial charge in [0.05, 0.1) is 6.42 Å². The number of amides is 1. The van der Waals surface area contributed by atoms with Crippen molar-refractivity contribution in [2.24, 2.45) is 0 Å². The van der Waals surface area contributed by atoms with Gasteiger partial charge in [0.25, 0.3) is 5.91 Å². The lowest BCUT2D eigenvalue weighted by Crippen LogP contribution is -2.26. The van der Waals surface area contributed by atoms with Gasteiger partial charge in [-0.15, -0.1) is 0 Å². The minimum absolute atomic E-state index is 0.0830. The molecular weight excluding hydrogens is 442 g/mol. The molecule has 1 heterocycles. The zero-order chi connectivity index (χ0) is 23.6. The summed E-state index contributed by atoms with van der Waals surface area (Å²) in [4.78, 5) is 31.5. The molecule has 1 amide bonds. The highest BCUT2D eigenvalue weighted by Crippen LogP contribution is 2.29. The predicted molar refractivity (Wildman–Crippen MR) is 126 cm³/mol. The first-order valence-electron chi connectivity index (χ1n) is 10.8. The Balaban J connectivity index is 1.70. The third-order valence-electron chi connectivity index (χ3n) is 5.05. The molecule has 1 aromatic heterocycles. The number of carbonyl (C=O) groups excluding carboxylic acids is 1. The van der Waals surface area contributed by atoms with Gasteiger partial charge >= 0.3 is 12.0 Å². The highest BCUT2D eigenvalue weighted by molar-refractivity contribution is 6.33. The smallest absolute Gasteiger partial charge is 0.316 e. The van der Waals surface area contributed by atoms with E-state index in [1.165, 1.54) is 0 Å². The minimum atomic E-state index is -0.955. The van der Waals surface area contributed by atoms with Crippen molar-refractivity contribution in [2.45, 2.75) is 38.7 Å². The fourth-order valence-electron chi connectivity index (χ4n) is 3.26. The number of unbranched alkanes of at least 4 members (excludes halogenated alkanes) is 1. The first-order chi connectivity index (χ1) is 16.0. The van der Waals surface area contributed by atoms with Crippen LogP contribution in [-0.4, -0.2) is 33.5 Å². The van der Waals surface area contributed by atoms with E-state index in [4.69, 9.17) is 21.4 Å². The van der Waals surface area contributed by atoms with Crippen LogP contribution in [-0.2, 0) is 4.79 Å². The number of ether oxygens (including phenoxy) is 1. The summed E-state index contributed by atoms with van der Waals surface area (Å²) in [6.45, 7) is 2.19. The molecule has 0 bridgehead atoms. The fourth-order valence-corrected chi connectivity index (χ4v) is 3.50. The van der Waals surface area contributed by atoms with Crippen molar-refractivity contribution in [1.82, 2.24) is 15.3 Å². The van der Waals surface area contributed by atoms with E-state index in [0.29, 0.717) is 10.6 Å². The Morgan fingerprint density at radius 2 is 1.79 bits per heavy atom. The number of carboxylic acid groups (broad SMARTS) is 1. The molecule has 7 nitrogen and oxygen atoms in total. The van der Waals surface area contributed by atoms with Crippen LogP contribution >= 0.6 is 11.6 Å². The van der Waals surface area contributed by atoms with Crippen molar-refractivity contribution in [3.8, 4) is 17.1 Å². The summed E-state index contributed by atoms with van der Waals surface area (Å²) in [5.41, 5.74) is 3.02. The van der Waals surface area contributed by atoms with E-state index in [1.807, 2.05) is 36.4 Å². The number of hydrogen-bond acceptors (Lipinski definition) is 5. The number of nitrogens with one attached hydrogen (secondary N) is 1. The van der Waals surface area contributed by atoms with Crippen molar-refractivity contribution < 1.29 is 19.4 Å². The van der Waals surface area contributed by atoms with Gasteiger partial charge in [0.1, 0.15) is 6.10 Å². The topological polar surface area (TPSA) is 101 Å². The lowest BCUT2D eigenvalue weighted by Gasteiger charge is -2.18. The van der Waals surface area contributed by atoms with Gasteiger partial charge in [-0.05, 0) is 36.6 Å². The summed E-state index contributed by atoms with van der Waals surface area (Å²) in [6, 6.07) is 14.8. The van der Waals surface area contributed by atoms with Gasteiger partial charge in [0.15, 0.2) is 0 Å². The number of aliphatic carboxylic acids is 1. The summed E-state index contributed by atoms with van der Waals surface area (Å²) >= 11 is 6.26. The van der Waals surface area contributed by atoms with Crippen LogP contribution in [0.2, 0.25) is 5.02 Å². The minimum Gasteiger partial charge on any atom is -0.481 e. The maximum absolute atomic E-state index is 12.2. The number of benzene rings is 2. The van der Waals surface area contributed by atoms with Crippen molar-refractivity contribution in [3.05, 3.63) is 77.1 Å². The van der Waals surface area contributed by atoms with Gasteiger partial charge in [0.2, 0.25) is 0 Å². The van der Waals surface area contributed by atoms with Crippen molar-refractivity contribution >= 4 is 23.5 Å². The normalized spacial score (nSPS) is 11.6. The highest BCUT2D eigenvalue weighted by atomic mass is 35.5. The van der Waals surface area contributed by atoms with E-state index in [1.54, 1.807) is 24.5 Å². The second-order valence-corrected chi connectivity index (χ2v) is 7.91. The molecule has 8 heteroatoms. The van der Waals surface area contributed by atoms with Crippen LogP contribution in [0.25, 0.3) is 11.1 Å². The Labute approximate surface area is 197 Å². The van der Waals surface area contributed by atoms with Gasteiger partial charge in [-0.2, -0.15) is 0 Å². The number of carboxylic acids is 1. The summed E-state index contributed by atoms with van der Waals surface area (Å²) in [5, 5.41) is 11.9. The number of carbonyl (C=O) groups is 2. The molecule has 0 saturated heterocycles. The van der Waals surface area contributed by atoms with E-state index >= 15 is 0 Å². The largest absolute Gasteiger partial charge is 0.481 e. The maximum atomic E-state index is 12.2. The van der Waals surface area contributed by atoms with Gasteiger partial charge in [-0.1, -0.05) is 55.3 Å². The lowest BCUT2D eigenvalue weighted by atomic mass is 10.0. The van der Waals surface area contributed by atoms with E-state index in [0.717, 1.165) is 36.0 Å². The van der Waals surface area contributed by atoms with Crippen molar-refractivity contribution in [1.29, 1.82) is 0 Å². The number of aromatic nitrogens is 2. The van der Waals surface area contributed by atoms with Crippen LogP contribution < -0.4 is 10.1 Å². The monoisotopic (exact) mass is 467 g/mol. The van der Waals surface area contributed by atoms with Crippen LogP contribution in [0.3, 0.4) is 0 Å². The van der Waals surface area contributed by atoms with Gasteiger partial charge in [-0.25, -0.2) is 9.97 Å². The molecule has 0 aliphatic carbocycles. The van der Waals surface area contributed by atoms with Crippen LogP contribution in [0.4, 0.5) is 0 Å². The summed E-state index contributed by atoms with van der Waals surface area (Å²) in [5.74, 6) is -1.27. The van der Waals surface area contributed by atoms with Crippen LogP contribution in [0.5, 0.6) is 6.01 Å². The molecule has 172 valence electrons. The molecular formula is C25H26ClN3O4. The summed E-state index contributed by atoms with van der Waals surface area (Å²) in [6.07, 6.45) is 5.73. The van der Waals surface area contributed by atoms with Gasteiger partial charge in [-0.3, -0.25) is 9.59 Å². The second kappa shape index (κ2) is 12.0. The SMILES string of the molecule is CCCCC(Oc1ncc(-c2ccccc2Cl)cn1)c1ccc(C(=O)NCCC(=O)O)cc1. The lowest BCUT2D eigenvalue weighted by molar-refractivity contribution is -0.136. The second-order valence-electron chi connectivity index (χ2n) is 7.50. The Bertz CT molecular complexity index is 1070. The molecule has 3 rings (SSSR count).